The van der Waals surface area contributed by atoms with Gasteiger partial charge in [-0.15, -0.1) is 0 Å². The highest BCUT2D eigenvalue weighted by molar-refractivity contribution is 5.37. The molecule has 3 fully saturated rings. The van der Waals surface area contributed by atoms with E-state index in [1.807, 2.05) is 27.7 Å². The first-order chi connectivity index (χ1) is 11.5. The molecule has 1 N–H and O–H groups in total. The van der Waals surface area contributed by atoms with Crippen LogP contribution < -0.4 is 0 Å². The van der Waals surface area contributed by atoms with Crippen molar-refractivity contribution in [3.05, 3.63) is 23.8 Å². The predicted molar refractivity (Wildman–Crippen MR) is 105 cm³/mol. The van der Waals surface area contributed by atoms with E-state index in [1.54, 1.807) is 5.57 Å². The van der Waals surface area contributed by atoms with Crippen molar-refractivity contribution in [1.29, 1.82) is 0 Å². The van der Waals surface area contributed by atoms with Gasteiger partial charge in [0.05, 0.1) is 6.10 Å². The molecular formula is C23H40O. The third-order valence-corrected chi connectivity index (χ3v) is 7.44. The van der Waals surface area contributed by atoms with Crippen LogP contribution in [0.5, 0.6) is 0 Å². The standard InChI is InChI=1S/C19H28O.2C2H6/c1-18-9-3-4-16(18)15-6-5-13-12-14(20)7-11-19(13,2)17(15)8-10-18;2*1-2/h3-4,9,13-15,17,20H,5-8,10-12H2,1-2H3;2*1-2H3. The van der Waals surface area contributed by atoms with E-state index in [4.69, 9.17) is 0 Å². The Hall–Kier alpha value is -0.560. The fourth-order valence-electron chi connectivity index (χ4n) is 6.16. The highest BCUT2D eigenvalue weighted by Gasteiger charge is 2.54. The van der Waals surface area contributed by atoms with E-state index in [2.05, 4.69) is 32.1 Å². The monoisotopic (exact) mass is 332 g/mol. The Labute approximate surface area is 150 Å². The summed E-state index contributed by atoms with van der Waals surface area (Å²) >= 11 is 0. The summed E-state index contributed by atoms with van der Waals surface area (Å²) in [6.07, 6.45) is 15.9. The Morgan fingerprint density at radius 3 is 2.38 bits per heavy atom. The molecule has 4 aliphatic carbocycles. The van der Waals surface area contributed by atoms with Crippen molar-refractivity contribution in [3.63, 3.8) is 0 Å². The molecule has 138 valence electrons. The lowest BCUT2D eigenvalue weighted by Crippen LogP contribution is -2.51. The maximum atomic E-state index is 10.0. The van der Waals surface area contributed by atoms with Gasteiger partial charge in [-0.25, -0.2) is 0 Å². The smallest absolute Gasteiger partial charge is 0.0543 e. The van der Waals surface area contributed by atoms with Gasteiger partial charge in [0.25, 0.3) is 0 Å². The van der Waals surface area contributed by atoms with Gasteiger partial charge in [-0.3, -0.25) is 0 Å². The first-order valence-electron chi connectivity index (χ1n) is 10.6. The van der Waals surface area contributed by atoms with Crippen LogP contribution in [0, 0.1) is 28.6 Å². The Balaban J connectivity index is 0.000000487. The van der Waals surface area contributed by atoms with E-state index in [0.29, 0.717) is 10.8 Å². The van der Waals surface area contributed by atoms with Crippen LogP contribution in [0.2, 0.25) is 0 Å². The minimum Gasteiger partial charge on any atom is -0.393 e. The van der Waals surface area contributed by atoms with Crippen molar-refractivity contribution in [2.45, 2.75) is 92.6 Å². The fourth-order valence-corrected chi connectivity index (χ4v) is 6.16. The molecule has 0 aromatic rings. The van der Waals surface area contributed by atoms with E-state index < -0.39 is 0 Å². The normalized spacial score (nSPS) is 45.4. The molecule has 4 aliphatic rings. The topological polar surface area (TPSA) is 20.2 Å². The highest BCUT2D eigenvalue weighted by Crippen LogP contribution is 2.63. The van der Waals surface area contributed by atoms with Crippen LogP contribution in [-0.4, -0.2) is 11.2 Å². The van der Waals surface area contributed by atoms with Gasteiger partial charge in [0.2, 0.25) is 0 Å². The molecule has 3 saturated carbocycles. The average Bonchev–Trinajstić information content (AvgIpc) is 3.01. The van der Waals surface area contributed by atoms with Gasteiger partial charge in [0, 0.05) is 5.41 Å². The van der Waals surface area contributed by atoms with Crippen LogP contribution in [0.3, 0.4) is 0 Å². The van der Waals surface area contributed by atoms with E-state index in [-0.39, 0.29) is 6.10 Å². The average molecular weight is 333 g/mol. The van der Waals surface area contributed by atoms with Crippen LogP contribution in [0.25, 0.3) is 0 Å². The first-order valence-corrected chi connectivity index (χ1v) is 10.6. The van der Waals surface area contributed by atoms with Crippen molar-refractivity contribution in [2.75, 3.05) is 0 Å². The number of allylic oxidation sites excluding steroid dienone is 4. The maximum absolute atomic E-state index is 10.0. The zero-order valence-electron chi connectivity index (χ0n) is 16.9. The third-order valence-electron chi connectivity index (χ3n) is 7.44. The number of rotatable bonds is 0. The lowest BCUT2D eigenvalue weighted by atomic mass is 9.46. The second-order valence-electron chi connectivity index (χ2n) is 8.36. The number of fused-ring (bicyclic) bond motifs is 5. The van der Waals surface area contributed by atoms with Crippen LogP contribution in [0.1, 0.15) is 86.5 Å². The predicted octanol–water partition coefficient (Wildman–Crippen LogP) is 6.53. The van der Waals surface area contributed by atoms with Gasteiger partial charge >= 0.3 is 0 Å². The molecule has 0 aliphatic heterocycles. The van der Waals surface area contributed by atoms with Crippen molar-refractivity contribution >= 4 is 0 Å². The summed E-state index contributed by atoms with van der Waals surface area (Å²) in [6, 6.07) is 0. The number of hydrogen-bond donors (Lipinski definition) is 1. The van der Waals surface area contributed by atoms with Gasteiger partial charge < -0.3 is 5.11 Å². The number of hydrogen-bond acceptors (Lipinski definition) is 1. The van der Waals surface area contributed by atoms with Crippen LogP contribution >= 0.6 is 0 Å². The summed E-state index contributed by atoms with van der Waals surface area (Å²) in [5.74, 6) is 2.46. The number of aliphatic hydroxyl groups excluding tert-OH is 1. The summed E-state index contributed by atoms with van der Waals surface area (Å²) in [4.78, 5) is 0. The second-order valence-corrected chi connectivity index (χ2v) is 8.36. The molecule has 4 rings (SSSR count). The summed E-state index contributed by atoms with van der Waals surface area (Å²) in [5, 5.41) is 10.0. The zero-order valence-corrected chi connectivity index (χ0v) is 16.9. The van der Waals surface area contributed by atoms with Gasteiger partial charge in [0.1, 0.15) is 0 Å². The second kappa shape index (κ2) is 7.77. The zero-order chi connectivity index (χ0) is 18.0. The van der Waals surface area contributed by atoms with Gasteiger partial charge in [-0.1, -0.05) is 65.3 Å². The molecule has 0 bridgehead atoms. The lowest BCUT2D eigenvalue weighted by Gasteiger charge is -2.58. The molecule has 0 saturated heterocycles. The molecule has 1 heteroatoms. The van der Waals surface area contributed by atoms with Crippen molar-refractivity contribution < 1.29 is 5.11 Å². The SMILES string of the molecule is CC.CC.CC12C=CC=C1C1CCC3CC(O)CCC3(C)C1CC2. The van der Waals surface area contributed by atoms with Gasteiger partial charge in [-0.2, -0.15) is 0 Å². The Bertz CT molecular complexity index is 476. The third kappa shape index (κ3) is 3.14. The highest BCUT2D eigenvalue weighted by atomic mass is 16.3. The lowest BCUT2D eigenvalue weighted by molar-refractivity contribution is -0.0789. The van der Waals surface area contributed by atoms with Crippen LogP contribution in [0.4, 0.5) is 0 Å². The van der Waals surface area contributed by atoms with E-state index >= 15 is 0 Å². The Morgan fingerprint density at radius 2 is 1.67 bits per heavy atom. The first kappa shape index (κ1) is 19.8. The molecule has 0 spiro atoms. The van der Waals surface area contributed by atoms with Gasteiger partial charge in [-0.05, 0) is 68.1 Å². The van der Waals surface area contributed by atoms with Crippen LogP contribution in [-0.2, 0) is 0 Å². The van der Waals surface area contributed by atoms with Crippen molar-refractivity contribution in [3.8, 4) is 0 Å². The maximum Gasteiger partial charge on any atom is 0.0543 e. The molecule has 0 radical (unpaired) electrons. The largest absolute Gasteiger partial charge is 0.393 e. The minimum absolute atomic E-state index is 0.0224. The molecule has 24 heavy (non-hydrogen) atoms. The van der Waals surface area contributed by atoms with E-state index in [0.717, 1.165) is 30.6 Å². The summed E-state index contributed by atoms with van der Waals surface area (Å²) < 4.78 is 0. The molecule has 6 unspecified atom stereocenters. The van der Waals surface area contributed by atoms with E-state index in [9.17, 15) is 5.11 Å². The molecular weight excluding hydrogens is 292 g/mol. The summed E-state index contributed by atoms with van der Waals surface area (Å²) in [5.41, 5.74) is 2.60. The molecule has 0 heterocycles. The molecule has 0 aromatic carbocycles. The molecule has 0 amide bonds. The van der Waals surface area contributed by atoms with Crippen molar-refractivity contribution in [2.24, 2.45) is 28.6 Å². The minimum atomic E-state index is -0.0224. The quantitative estimate of drug-likeness (QED) is 0.534. The van der Waals surface area contributed by atoms with Crippen LogP contribution in [0.15, 0.2) is 23.8 Å². The Kier molecular flexibility index (Phi) is 6.40. The molecule has 1 nitrogen and oxygen atoms in total. The summed E-state index contributed by atoms with van der Waals surface area (Å²) in [7, 11) is 0. The van der Waals surface area contributed by atoms with E-state index in [1.165, 1.54) is 32.1 Å². The summed E-state index contributed by atoms with van der Waals surface area (Å²) in [6.45, 7) is 13.0. The van der Waals surface area contributed by atoms with Gasteiger partial charge in [0.15, 0.2) is 0 Å². The molecule has 0 aromatic heterocycles. The molecule has 6 atom stereocenters. The van der Waals surface area contributed by atoms with Crippen molar-refractivity contribution in [1.82, 2.24) is 0 Å². The number of aliphatic hydroxyl groups is 1. The fraction of sp³-hybridized carbons (Fsp3) is 0.826. The Morgan fingerprint density at radius 1 is 0.958 bits per heavy atom.